The lowest BCUT2D eigenvalue weighted by atomic mass is 10.0. The Morgan fingerprint density at radius 1 is 1.13 bits per heavy atom. The number of carbonyl (C=O) groups is 2. The molecule has 1 aliphatic rings. The molecule has 0 radical (unpaired) electrons. The van der Waals surface area contributed by atoms with Crippen LogP contribution in [0.1, 0.15) is 32.0 Å². The van der Waals surface area contributed by atoms with Crippen molar-refractivity contribution >= 4 is 28.7 Å². The molecule has 0 atom stereocenters. The average Bonchev–Trinajstić information content (AvgIpc) is 3.43. The normalized spacial score (nSPS) is 14.2. The Morgan fingerprint density at radius 3 is 2.77 bits per heavy atom. The van der Waals surface area contributed by atoms with Crippen molar-refractivity contribution in [1.29, 1.82) is 0 Å². The third kappa shape index (κ3) is 2.90. The van der Waals surface area contributed by atoms with E-state index in [1.165, 1.54) is 12.3 Å². The van der Waals surface area contributed by atoms with Crippen LogP contribution in [-0.2, 0) is 7.05 Å². The first-order valence-corrected chi connectivity index (χ1v) is 9.40. The van der Waals surface area contributed by atoms with Crippen LogP contribution in [-0.4, -0.2) is 16.3 Å². The van der Waals surface area contributed by atoms with Crippen LogP contribution in [0.2, 0.25) is 0 Å². The molecule has 0 saturated heterocycles. The van der Waals surface area contributed by atoms with Crippen LogP contribution in [0, 0.1) is 6.92 Å². The number of aromatic nitrogens is 1. The summed E-state index contributed by atoms with van der Waals surface area (Å²) < 4.78 is 18.3. The third-order valence-corrected chi connectivity index (χ3v) is 5.09. The molecule has 1 aliphatic heterocycles. The molecule has 4 aromatic rings. The van der Waals surface area contributed by atoms with Gasteiger partial charge in [-0.05, 0) is 42.8 Å². The molecule has 0 N–H and O–H groups in total. The number of hydrogen-bond acceptors (Lipinski definition) is 5. The molecule has 0 bridgehead atoms. The van der Waals surface area contributed by atoms with Gasteiger partial charge in [0.25, 0.3) is 0 Å². The lowest BCUT2D eigenvalue weighted by molar-refractivity contribution is 0.0701. The molecule has 148 valence electrons. The fourth-order valence-corrected chi connectivity index (χ4v) is 3.72. The van der Waals surface area contributed by atoms with E-state index in [2.05, 4.69) is 0 Å². The number of ketones is 1. The summed E-state index contributed by atoms with van der Waals surface area (Å²) in [4.78, 5) is 25.1. The second kappa shape index (κ2) is 6.77. The molecule has 0 aliphatic carbocycles. The molecule has 2 aromatic carbocycles. The van der Waals surface area contributed by atoms with E-state index >= 15 is 0 Å². The van der Waals surface area contributed by atoms with Gasteiger partial charge in [0.15, 0.2) is 5.76 Å². The summed E-state index contributed by atoms with van der Waals surface area (Å²) in [6, 6.07) is 14.3. The van der Waals surface area contributed by atoms with Gasteiger partial charge < -0.3 is 18.5 Å². The summed E-state index contributed by atoms with van der Waals surface area (Å²) >= 11 is 0. The molecule has 3 heterocycles. The Morgan fingerprint density at radius 2 is 1.97 bits per heavy atom. The Hall–Kier alpha value is -4.06. The number of rotatable bonds is 3. The van der Waals surface area contributed by atoms with Crippen LogP contribution >= 0.6 is 0 Å². The van der Waals surface area contributed by atoms with Crippen molar-refractivity contribution in [1.82, 2.24) is 4.57 Å². The van der Waals surface area contributed by atoms with Crippen LogP contribution in [0.4, 0.5) is 0 Å². The first-order valence-electron chi connectivity index (χ1n) is 9.40. The Balaban J connectivity index is 1.49. The van der Waals surface area contributed by atoms with Crippen molar-refractivity contribution in [2.45, 2.75) is 6.92 Å². The van der Waals surface area contributed by atoms with Gasteiger partial charge in [-0.15, -0.1) is 0 Å². The minimum atomic E-state index is -0.616. The van der Waals surface area contributed by atoms with E-state index in [-0.39, 0.29) is 23.1 Å². The van der Waals surface area contributed by atoms with E-state index in [9.17, 15) is 9.59 Å². The van der Waals surface area contributed by atoms with Gasteiger partial charge in [0, 0.05) is 35.8 Å². The quantitative estimate of drug-likeness (QED) is 0.278. The maximum absolute atomic E-state index is 13.0. The number of fused-ring (bicyclic) bond motifs is 2. The Labute approximate surface area is 171 Å². The van der Waals surface area contributed by atoms with Gasteiger partial charge in [-0.25, -0.2) is 4.79 Å². The standard InChI is InChI=1S/C24H17NO5/c1-14-10-16(29-24(27)19-8-5-9-28-19)12-20-22(14)23(26)21(30-20)11-15-13-25(2)18-7-4-3-6-17(15)18/h3-13H,1-2H3/b21-11-. The molecule has 0 saturated carbocycles. The number of ether oxygens (including phenoxy) is 2. The maximum Gasteiger partial charge on any atom is 0.379 e. The summed E-state index contributed by atoms with van der Waals surface area (Å²) in [6.07, 6.45) is 5.11. The SMILES string of the molecule is Cc1cc(OC(=O)c2ccco2)cc2c1C(=O)/C(=C/c1cn(C)c3ccccc13)O2. The number of esters is 1. The molecular formula is C24H17NO5. The lowest BCUT2D eigenvalue weighted by Gasteiger charge is -2.06. The first-order chi connectivity index (χ1) is 14.5. The highest BCUT2D eigenvalue weighted by Crippen LogP contribution is 2.38. The van der Waals surface area contributed by atoms with E-state index < -0.39 is 5.97 Å². The number of furan rings is 1. The van der Waals surface area contributed by atoms with E-state index in [1.807, 2.05) is 42.1 Å². The van der Waals surface area contributed by atoms with Crippen molar-refractivity contribution in [2.24, 2.45) is 7.05 Å². The van der Waals surface area contributed by atoms with Crippen LogP contribution in [0.5, 0.6) is 11.5 Å². The molecule has 6 nitrogen and oxygen atoms in total. The van der Waals surface area contributed by atoms with Crippen molar-refractivity contribution in [3.63, 3.8) is 0 Å². The zero-order valence-corrected chi connectivity index (χ0v) is 16.3. The lowest BCUT2D eigenvalue weighted by Crippen LogP contribution is -2.07. The summed E-state index contributed by atoms with van der Waals surface area (Å²) in [7, 11) is 1.96. The van der Waals surface area contributed by atoms with Gasteiger partial charge >= 0.3 is 5.97 Å². The summed E-state index contributed by atoms with van der Waals surface area (Å²) in [6.45, 7) is 1.78. The van der Waals surface area contributed by atoms with Crippen LogP contribution in [0.15, 0.2) is 71.2 Å². The topological polar surface area (TPSA) is 70.7 Å². The highest BCUT2D eigenvalue weighted by atomic mass is 16.5. The number of aryl methyl sites for hydroxylation is 2. The molecule has 6 heteroatoms. The highest BCUT2D eigenvalue weighted by molar-refractivity contribution is 6.16. The van der Waals surface area contributed by atoms with Gasteiger partial charge in [0.05, 0.1) is 11.8 Å². The number of hydrogen-bond donors (Lipinski definition) is 0. The maximum atomic E-state index is 13.0. The second-order valence-corrected chi connectivity index (χ2v) is 7.13. The number of allylic oxidation sites excluding steroid dienone is 1. The highest BCUT2D eigenvalue weighted by Gasteiger charge is 2.30. The summed E-state index contributed by atoms with van der Waals surface area (Å²) in [5.74, 6) is 0.177. The predicted molar refractivity (Wildman–Crippen MR) is 111 cm³/mol. The number of benzene rings is 2. The largest absolute Gasteiger partial charge is 0.457 e. The van der Waals surface area contributed by atoms with E-state index in [0.717, 1.165) is 16.5 Å². The Kier molecular flexibility index (Phi) is 4.06. The number of carbonyl (C=O) groups excluding carboxylic acids is 2. The Bertz CT molecular complexity index is 1340. The van der Waals surface area contributed by atoms with Crippen molar-refractivity contribution < 1.29 is 23.5 Å². The fraction of sp³-hybridized carbons (Fsp3) is 0.0833. The van der Waals surface area contributed by atoms with Crippen molar-refractivity contribution in [2.75, 3.05) is 0 Å². The number of para-hydroxylation sites is 1. The van der Waals surface area contributed by atoms with Gasteiger partial charge in [0.2, 0.25) is 11.5 Å². The van der Waals surface area contributed by atoms with Gasteiger partial charge in [-0.2, -0.15) is 0 Å². The van der Waals surface area contributed by atoms with Crippen molar-refractivity contribution in [3.05, 3.63) is 89.2 Å². The van der Waals surface area contributed by atoms with Gasteiger partial charge in [-0.1, -0.05) is 18.2 Å². The van der Waals surface area contributed by atoms with Gasteiger partial charge in [-0.3, -0.25) is 4.79 Å². The summed E-state index contributed by atoms with van der Waals surface area (Å²) in [5, 5.41) is 1.03. The smallest absolute Gasteiger partial charge is 0.379 e. The summed E-state index contributed by atoms with van der Waals surface area (Å²) in [5.41, 5.74) is 3.10. The molecule has 0 amide bonds. The van der Waals surface area contributed by atoms with Crippen LogP contribution in [0.25, 0.3) is 17.0 Å². The molecule has 0 unspecified atom stereocenters. The zero-order chi connectivity index (χ0) is 20.8. The molecule has 2 aromatic heterocycles. The van der Waals surface area contributed by atoms with Crippen LogP contribution < -0.4 is 9.47 Å². The second-order valence-electron chi connectivity index (χ2n) is 7.13. The van der Waals surface area contributed by atoms with E-state index in [0.29, 0.717) is 16.9 Å². The van der Waals surface area contributed by atoms with Crippen LogP contribution in [0.3, 0.4) is 0 Å². The minimum Gasteiger partial charge on any atom is -0.457 e. The van der Waals surface area contributed by atoms with Crippen molar-refractivity contribution in [3.8, 4) is 11.5 Å². The molecule has 0 fully saturated rings. The monoisotopic (exact) mass is 399 g/mol. The average molecular weight is 399 g/mol. The molecule has 30 heavy (non-hydrogen) atoms. The molecule has 5 rings (SSSR count). The first kappa shape index (κ1) is 18.0. The minimum absolute atomic E-state index is 0.0988. The zero-order valence-electron chi connectivity index (χ0n) is 16.3. The number of Topliss-reactive ketones (excluding diaryl/α,β-unsaturated/α-hetero) is 1. The number of nitrogens with zero attached hydrogens (tertiary/aromatic N) is 1. The molecule has 0 spiro atoms. The molecular weight excluding hydrogens is 382 g/mol. The van der Waals surface area contributed by atoms with Gasteiger partial charge in [0.1, 0.15) is 11.5 Å². The van der Waals surface area contributed by atoms with E-state index in [4.69, 9.17) is 13.9 Å². The predicted octanol–water partition coefficient (Wildman–Crippen LogP) is 4.92. The third-order valence-electron chi connectivity index (χ3n) is 5.09. The van der Waals surface area contributed by atoms with E-state index in [1.54, 1.807) is 31.2 Å². The fourth-order valence-electron chi connectivity index (χ4n) is 3.72.